The number of benzene rings is 2. The number of amides is 1. The molecule has 0 aliphatic carbocycles. The monoisotopic (exact) mass is 445 g/mol. The van der Waals surface area contributed by atoms with Gasteiger partial charge in [0.1, 0.15) is 0 Å². The Morgan fingerprint density at radius 1 is 1.13 bits per heavy atom. The van der Waals surface area contributed by atoms with Gasteiger partial charge >= 0.3 is 0 Å². The van der Waals surface area contributed by atoms with Crippen molar-refractivity contribution in [3.63, 3.8) is 0 Å². The maximum Gasteiger partial charge on any atom is 0.240 e. The molecule has 2 aromatic rings. The van der Waals surface area contributed by atoms with E-state index < -0.39 is 10.0 Å². The van der Waals surface area contributed by atoms with Crippen LogP contribution in [0.15, 0.2) is 58.3 Å². The van der Waals surface area contributed by atoms with Crippen molar-refractivity contribution in [1.29, 1.82) is 0 Å². The van der Waals surface area contributed by atoms with Crippen molar-refractivity contribution in [2.75, 3.05) is 24.2 Å². The van der Waals surface area contributed by atoms with Gasteiger partial charge in [-0.3, -0.25) is 9.69 Å². The van der Waals surface area contributed by atoms with Crippen LogP contribution in [-0.2, 0) is 21.4 Å². The van der Waals surface area contributed by atoms with Gasteiger partial charge in [-0.1, -0.05) is 37.3 Å². The van der Waals surface area contributed by atoms with Crippen LogP contribution in [-0.4, -0.2) is 44.1 Å². The van der Waals surface area contributed by atoms with Gasteiger partial charge in [-0.2, -0.15) is 0 Å². The minimum absolute atomic E-state index is 0.0745. The Morgan fingerprint density at radius 3 is 2.60 bits per heavy atom. The average molecular weight is 446 g/mol. The molecule has 4 rings (SSSR count). The largest absolute Gasteiger partial charge is 0.325 e. The fourth-order valence-electron chi connectivity index (χ4n) is 3.78. The van der Waals surface area contributed by atoms with Gasteiger partial charge in [-0.15, -0.1) is 11.8 Å². The molecule has 160 valence electrons. The summed E-state index contributed by atoms with van der Waals surface area (Å²) in [4.78, 5) is 15.6. The number of piperidine rings is 1. The standard InChI is InChI=1S/C22H27N3O3S2/c1-16-15-29-21-8-7-19(13-20(21)23-22(16)26)30(27,28)24-18-9-11-25(12-10-18)14-17-5-3-2-4-6-17/h2-8,13,16,18,24H,9-12,14-15H2,1H3,(H,23,26)/t16-/m1/s1. The Balaban J connectivity index is 1.38. The van der Waals surface area contributed by atoms with Crippen LogP contribution in [0.2, 0.25) is 0 Å². The number of likely N-dealkylation sites (tertiary alicyclic amines) is 1. The lowest BCUT2D eigenvalue weighted by atomic mass is 10.1. The van der Waals surface area contributed by atoms with Crippen LogP contribution in [0.4, 0.5) is 5.69 Å². The Morgan fingerprint density at radius 2 is 1.87 bits per heavy atom. The molecule has 30 heavy (non-hydrogen) atoms. The Hall–Kier alpha value is -1.87. The molecule has 0 bridgehead atoms. The van der Waals surface area contributed by atoms with E-state index in [2.05, 4.69) is 27.1 Å². The highest BCUT2D eigenvalue weighted by atomic mass is 32.2. The smallest absolute Gasteiger partial charge is 0.240 e. The van der Waals surface area contributed by atoms with E-state index in [0.717, 1.165) is 37.4 Å². The zero-order valence-electron chi connectivity index (χ0n) is 17.0. The summed E-state index contributed by atoms with van der Waals surface area (Å²) < 4.78 is 28.8. The number of nitrogens with zero attached hydrogens (tertiary/aromatic N) is 1. The first kappa shape index (κ1) is 21.4. The predicted octanol–water partition coefficient (Wildman–Crippen LogP) is 3.31. The van der Waals surface area contributed by atoms with Gasteiger partial charge in [0, 0.05) is 42.2 Å². The summed E-state index contributed by atoms with van der Waals surface area (Å²) in [5.74, 6) is 0.501. The third-order valence-corrected chi connectivity index (χ3v) is 8.47. The lowest BCUT2D eigenvalue weighted by Crippen LogP contribution is -2.44. The molecule has 1 atom stereocenters. The van der Waals surface area contributed by atoms with Crippen molar-refractivity contribution < 1.29 is 13.2 Å². The van der Waals surface area contributed by atoms with Crippen molar-refractivity contribution in [1.82, 2.24) is 9.62 Å². The van der Waals surface area contributed by atoms with Gasteiger partial charge in [0.25, 0.3) is 0 Å². The number of rotatable bonds is 5. The summed E-state index contributed by atoms with van der Waals surface area (Å²) in [5.41, 5.74) is 1.85. The molecule has 6 nitrogen and oxygen atoms in total. The van der Waals surface area contributed by atoms with Crippen LogP contribution in [0.25, 0.3) is 0 Å². The number of hydrogen-bond acceptors (Lipinski definition) is 5. The first-order valence-corrected chi connectivity index (χ1v) is 12.7. The summed E-state index contributed by atoms with van der Waals surface area (Å²) in [5, 5.41) is 2.86. The number of fused-ring (bicyclic) bond motifs is 1. The molecular weight excluding hydrogens is 418 g/mol. The molecule has 0 saturated carbocycles. The maximum absolute atomic E-state index is 12.9. The second-order valence-corrected chi connectivity index (χ2v) is 10.8. The van der Waals surface area contributed by atoms with Crippen LogP contribution in [0.3, 0.4) is 0 Å². The molecule has 8 heteroatoms. The summed E-state index contributed by atoms with van der Waals surface area (Å²) in [7, 11) is -3.64. The molecule has 0 spiro atoms. The number of carbonyl (C=O) groups excluding carboxylic acids is 1. The molecule has 0 aromatic heterocycles. The summed E-state index contributed by atoms with van der Waals surface area (Å²) in [6, 6.07) is 15.2. The summed E-state index contributed by atoms with van der Waals surface area (Å²) in [6.45, 7) is 4.48. The fraction of sp³-hybridized carbons (Fsp3) is 0.409. The molecule has 2 heterocycles. The van der Waals surface area contributed by atoms with E-state index in [0.29, 0.717) is 11.4 Å². The number of anilines is 1. The minimum atomic E-state index is -3.64. The first-order valence-electron chi connectivity index (χ1n) is 10.3. The summed E-state index contributed by atoms with van der Waals surface area (Å²) >= 11 is 1.57. The molecule has 2 aromatic carbocycles. The predicted molar refractivity (Wildman–Crippen MR) is 120 cm³/mol. The van der Waals surface area contributed by atoms with Gasteiger partial charge in [-0.25, -0.2) is 13.1 Å². The lowest BCUT2D eigenvalue weighted by molar-refractivity contribution is -0.118. The van der Waals surface area contributed by atoms with E-state index in [1.54, 1.807) is 30.0 Å². The second-order valence-electron chi connectivity index (χ2n) is 8.02. The number of hydrogen-bond donors (Lipinski definition) is 2. The van der Waals surface area contributed by atoms with Crippen molar-refractivity contribution in [2.24, 2.45) is 5.92 Å². The normalized spacial score (nSPS) is 21.0. The third kappa shape index (κ3) is 5.06. The topological polar surface area (TPSA) is 78.5 Å². The quantitative estimate of drug-likeness (QED) is 0.738. The SMILES string of the molecule is C[C@@H]1CSc2ccc(S(=O)(=O)NC3CCN(Cc4ccccc4)CC3)cc2NC1=O. The van der Waals surface area contributed by atoms with E-state index in [4.69, 9.17) is 0 Å². The Bertz CT molecular complexity index is 1000. The van der Waals surface area contributed by atoms with Gasteiger partial charge in [0.2, 0.25) is 15.9 Å². The van der Waals surface area contributed by atoms with E-state index in [9.17, 15) is 13.2 Å². The zero-order chi connectivity index (χ0) is 21.1. The van der Waals surface area contributed by atoms with Crippen molar-refractivity contribution in [2.45, 2.75) is 42.1 Å². The first-order chi connectivity index (χ1) is 14.4. The Labute approximate surface area is 182 Å². The molecule has 2 aliphatic rings. The van der Waals surface area contributed by atoms with Crippen LogP contribution in [0, 0.1) is 5.92 Å². The van der Waals surface area contributed by atoms with E-state index in [-0.39, 0.29) is 22.8 Å². The van der Waals surface area contributed by atoms with Crippen LogP contribution in [0.5, 0.6) is 0 Å². The van der Waals surface area contributed by atoms with Crippen LogP contribution >= 0.6 is 11.8 Å². The number of thioether (sulfide) groups is 1. The molecule has 0 radical (unpaired) electrons. The van der Waals surface area contributed by atoms with E-state index in [1.165, 1.54) is 5.56 Å². The van der Waals surface area contributed by atoms with Gasteiger partial charge in [0.05, 0.1) is 10.6 Å². The number of carbonyl (C=O) groups is 1. The average Bonchev–Trinajstić information content (AvgIpc) is 2.88. The van der Waals surface area contributed by atoms with Gasteiger partial charge < -0.3 is 5.32 Å². The fourth-order valence-corrected chi connectivity index (χ4v) is 6.13. The van der Waals surface area contributed by atoms with E-state index in [1.807, 2.05) is 25.1 Å². The Kier molecular flexibility index (Phi) is 6.48. The molecular formula is C22H27N3O3S2. The third-order valence-electron chi connectivity index (χ3n) is 5.61. The van der Waals surface area contributed by atoms with Gasteiger partial charge in [-0.05, 0) is 36.6 Å². The molecule has 1 saturated heterocycles. The molecule has 1 fully saturated rings. The zero-order valence-corrected chi connectivity index (χ0v) is 18.6. The van der Waals surface area contributed by atoms with Crippen molar-refractivity contribution in [3.8, 4) is 0 Å². The summed E-state index contributed by atoms with van der Waals surface area (Å²) in [6.07, 6.45) is 1.56. The number of sulfonamides is 1. The van der Waals surface area contributed by atoms with Crippen molar-refractivity contribution >= 4 is 33.4 Å². The molecule has 0 unspecified atom stereocenters. The molecule has 2 N–H and O–H groups in total. The van der Waals surface area contributed by atoms with E-state index >= 15 is 0 Å². The highest BCUT2D eigenvalue weighted by Gasteiger charge is 2.26. The lowest BCUT2D eigenvalue weighted by Gasteiger charge is -2.32. The van der Waals surface area contributed by atoms with Crippen molar-refractivity contribution in [3.05, 3.63) is 54.1 Å². The molecule has 1 amide bonds. The second kappa shape index (κ2) is 9.09. The van der Waals surface area contributed by atoms with Crippen LogP contribution < -0.4 is 10.0 Å². The minimum Gasteiger partial charge on any atom is -0.325 e. The number of nitrogens with one attached hydrogen (secondary N) is 2. The van der Waals surface area contributed by atoms with Crippen LogP contribution in [0.1, 0.15) is 25.3 Å². The van der Waals surface area contributed by atoms with Gasteiger partial charge in [0.15, 0.2) is 0 Å². The highest BCUT2D eigenvalue weighted by molar-refractivity contribution is 7.99. The maximum atomic E-state index is 12.9. The highest BCUT2D eigenvalue weighted by Crippen LogP contribution is 2.34. The molecule has 2 aliphatic heterocycles.